The molecule has 0 unspecified atom stereocenters. The van der Waals surface area contributed by atoms with Crippen molar-refractivity contribution in [2.24, 2.45) is 0 Å². The number of hydrogen-bond donors (Lipinski definition) is 2. The number of hydroxylamine groups is 1. The molecular weight excluding hydrogens is 618 g/mol. The predicted octanol–water partition coefficient (Wildman–Crippen LogP) is 4.54. The minimum absolute atomic E-state index is 0.00360. The Morgan fingerprint density at radius 2 is 1.73 bits per heavy atom. The van der Waals surface area contributed by atoms with E-state index in [1.54, 1.807) is 24.7 Å². The van der Waals surface area contributed by atoms with E-state index in [2.05, 4.69) is 5.48 Å². The third kappa shape index (κ3) is 8.18. The second kappa shape index (κ2) is 14.0. The van der Waals surface area contributed by atoms with Crippen LogP contribution in [0.1, 0.15) is 25.5 Å². The summed E-state index contributed by atoms with van der Waals surface area (Å²) in [6.45, 7) is 2.56. The molecule has 0 spiro atoms. The van der Waals surface area contributed by atoms with Gasteiger partial charge in [0.05, 0.1) is 30.0 Å². The number of nitrogens with zero attached hydrogens (tertiary/aromatic N) is 2. The van der Waals surface area contributed by atoms with Gasteiger partial charge in [-0.1, -0.05) is 43.3 Å². The summed E-state index contributed by atoms with van der Waals surface area (Å²) >= 11 is 0. The van der Waals surface area contributed by atoms with Crippen LogP contribution in [0.3, 0.4) is 0 Å². The van der Waals surface area contributed by atoms with Gasteiger partial charge in [-0.3, -0.25) is 4.55 Å². The van der Waals surface area contributed by atoms with Crippen molar-refractivity contribution in [3.8, 4) is 22.6 Å². The fraction of sp³-hybridized carbons (Fsp3) is 0.281. The summed E-state index contributed by atoms with van der Waals surface area (Å²) in [6.07, 6.45) is 2.70. The van der Waals surface area contributed by atoms with Crippen LogP contribution >= 0.6 is 0 Å². The first-order chi connectivity index (χ1) is 21.6. The zero-order chi connectivity index (χ0) is 32.0. The number of nitrogens with one attached hydrogen (secondary N) is 1. The molecule has 0 saturated heterocycles. The van der Waals surface area contributed by atoms with Crippen LogP contribution in [-0.2, 0) is 31.1 Å². The SMILES string of the molecule is CCNOS(=O)(=O)CCCCN1/C(=C/c2ccc3cc(OC)ccc3[n+]2CCS(=O)(=O)O)Oc2ccc(-c3ccccc3)cc21. The molecule has 238 valence electrons. The van der Waals surface area contributed by atoms with Gasteiger partial charge in [-0.25, -0.2) is 0 Å². The Bertz CT molecular complexity index is 1910. The topological polar surface area (TPSA) is 135 Å². The van der Waals surface area contributed by atoms with E-state index >= 15 is 0 Å². The molecule has 0 radical (unpaired) electrons. The predicted molar refractivity (Wildman–Crippen MR) is 173 cm³/mol. The first-order valence-corrected chi connectivity index (χ1v) is 17.7. The fourth-order valence-corrected chi connectivity index (χ4v) is 6.49. The second-order valence-electron chi connectivity index (χ2n) is 10.5. The molecule has 11 nitrogen and oxygen atoms in total. The van der Waals surface area contributed by atoms with Gasteiger partial charge in [-0.2, -0.15) is 31.2 Å². The van der Waals surface area contributed by atoms with E-state index in [1.807, 2.05) is 83.8 Å². The Morgan fingerprint density at radius 1 is 0.933 bits per heavy atom. The number of rotatable bonds is 14. The highest BCUT2D eigenvalue weighted by Gasteiger charge is 2.29. The minimum atomic E-state index is -4.24. The summed E-state index contributed by atoms with van der Waals surface area (Å²) in [4.78, 5) is 1.99. The molecule has 5 rings (SSSR count). The van der Waals surface area contributed by atoms with Gasteiger partial charge >= 0.3 is 0 Å². The lowest BCUT2D eigenvalue weighted by molar-refractivity contribution is -0.668. The molecule has 0 saturated carbocycles. The second-order valence-corrected chi connectivity index (χ2v) is 13.7. The van der Waals surface area contributed by atoms with Crippen molar-refractivity contribution in [2.75, 3.05) is 36.6 Å². The van der Waals surface area contributed by atoms with E-state index in [1.165, 1.54) is 0 Å². The highest BCUT2D eigenvalue weighted by molar-refractivity contribution is 7.86. The van der Waals surface area contributed by atoms with Crippen LogP contribution in [-0.4, -0.2) is 53.1 Å². The highest BCUT2D eigenvalue weighted by atomic mass is 32.2. The van der Waals surface area contributed by atoms with Gasteiger partial charge < -0.3 is 14.4 Å². The summed E-state index contributed by atoms with van der Waals surface area (Å²) < 4.78 is 75.7. The van der Waals surface area contributed by atoms with Crippen LogP contribution in [0, 0.1) is 0 Å². The summed E-state index contributed by atoms with van der Waals surface area (Å²) in [5.74, 6) is 1.17. The number of unbranched alkanes of at least 4 members (excludes halogenated alkanes) is 1. The van der Waals surface area contributed by atoms with Gasteiger partial charge in [-0.15, -0.1) is 0 Å². The van der Waals surface area contributed by atoms with E-state index in [-0.39, 0.29) is 12.3 Å². The first-order valence-electron chi connectivity index (χ1n) is 14.5. The van der Waals surface area contributed by atoms with Crippen molar-refractivity contribution in [2.45, 2.75) is 26.3 Å². The van der Waals surface area contributed by atoms with Crippen molar-refractivity contribution in [1.82, 2.24) is 5.48 Å². The maximum absolute atomic E-state index is 12.2. The molecule has 1 aromatic heterocycles. The number of pyridine rings is 1. The highest BCUT2D eigenvalue weighted by Crippen LogP contribution is 2.42. The molecule has 45 heavy (non-hydrogen) atoms. The average molecular weight is 655 g/mol. The Kier molecular flexibility index (Phi) is 10.0. The van der Waals surface area contributed by atoms with E-state index < -0.39 is 26.0 Å². The van der Waals surface area contributed by atoms with Crippen molar-refractivity contribution < 1.29 is 39.7 Å². The van der Waals surface area contributed by atoms with Gasteiger partial charge in [-0.05, 0) is 54.3 Å². The molecule has 0 aliphatic carbocycles. The molecule has 0 atom stereocenters. The number of benzene rings is 3. The number of aromatic nitrogens is 1. The normalized spacial score (nSPS) is 14.1. The third-order valence-corrected chi connectivity index (χ3v) is 9.17. The van der Waals surface area contributed by atoms with Crippen LogP contribution in [0.2, 0.25) is 0 Å². The van der Waals surface area contributed by atoms with Crippen LogP contribution in [0.4, 0.5) is 5.69 Å². The van der Waals surface area contributed by atoms with Gasteiger partial charge in [0.2, 0.25) is 17.1 Å². The Morgan fingerprint density at radius 3 is 2.47 bits per heavy atom. The largest absolute Gasteiger partial charge is 0.497 e. The van der Waals surface area contributed by atoms with Crippen molar-refractivity contribution in [3.63, 3.8) is 0 Å². The van der Waals surface area contributed by atoms with Gasteiger partial charge in [0.25, 0.3) is 20.2 Å². The van der Waals surface area contributed by atoms with Crippen molar-refractivity contribution >= 4 is 42.9 Å². The summed E-state index contributed by atoms with van der Waals surface area (Å²) in [5, 5.41) is 0.827. The van der Waals surface area contributed by atoms with Crippen LogP contribution in [0.5, 0.6) is 11.5 Å². The Labute approximate surface area is 263 Å². The summed E-state index contributed by atoms with van der Waals surface area (Å²) in [6, 6.07) is 25.1. The maximum Gasteiger partial charge on any atom is 0.283 e. The lowest BCUT2D eigenvalue weighted by Crippen LogP contribution is -2.41. The minimum Gasteiger partial charge on any atom is -0.497 e. The van der Waals surface area contributed by atoms with Crippen molar-refractivity contribution in [3.05, 3.63) is 90.4 Å². The van der Waals surface area contributed by atoms with Crippen LogP contribution in [0.25, 0.3) is 28.1 Å². The smallest absolute Gasteiger partial charge is 0.283 e. The Balaban J connectivity index is 1.52. The molecule has 0 amide bonds. The lowest BCUT2D eigenvalue weighted by atomic mass is 10.0. The number of anilines is 1. The first kappa shape index (κ1) is 32.4. The van der Waals surface area contributed by atoms with Crippen molar-refractivity contribution in [1.29, 1.82) is 0 Å². The Hall–Kier alpha value is -4.01. The summed E-state index contributed by atoms with van der Waals surface area (Å²) in [5.41, 5.74) is 6.64. The molecule has 4 aromatic rings. The molecule has 1 aliphatic heterocycles. The summed E-state index contributed by atoms with van der Waals surface area (Å²) in [7, 11) is -6.38. The van der Waals surface area contributed by atoms with E-state index in [4.69, 9.17) is 13.8 Å². The molecule has 1 aliphatic rings. The molecule has 2 heterocycles. The fourth-order valence-electron chi connectivity index (χ4n) is 5.14. The molecular formula is C32H36N3O8S2+. The zero-order valence-electron chi connectivity index (χ0n) is 25.0. The standard InChI is InChI=1S/C32H35N3O8S2/c1-3-33-43-45(39,40)19-8-7-17-35-30-22-25(24-9-5-4-6-10-24)12-16-31(30)42-32(35)23-27-13-11-26-21-28(41-2)14-15-29(26)34(27)18-20-44(36,37)38/h4-6,9-16,21-23,33H,3,7-8,17-20H2,1-2H3/p+1. The molecule has 0 bridgehead atoms. The van der Waals surface area contributed by atoms with Gasteiger partial charge in [0.1, 0.15) is 11.5 Å². The zero-order valence-corrected chi connectivity index (χ0v) is 26.7. The number of ether oxygens (including phenoxy) is 2. The van der Waals surface area contributed by atoms with E-state index in [0.29, 0.717) is 49.0 Å². The molecule has 0 fully saturated rings. The number of fused-ring (bicyclic) bond motifs is 2. The number of hydrogen-bond acceptors (Lipinski definition) is 9. The van der Waals surface area contributed by atoms with E-state index in [0.717, 1.165) is 27.7 Å². The van der Waals surface area contributed by atoms with Crippen LogP contribution < -0.4 is 24.4 Å². The van der Waals surface area contributed by atoms with E-state index in [9.17, 15) is 21.4 Å². The lowest BCUT2D eigenvalue weighted by Gasteiger charge is -2.19. The monoisotopic (exact) mass is 654 g/mol. The average Bonchev–Trinajstić information content (AvgIpc) is 3.37. The van der Waals surface area contributed by atoms with Crippen LogP contribution in [0.15, 0.2) is 84.7 Å². The maximum atomic E-state index is 12.2. The van der Waals surface area contributed by atoms with Gasteiger partial charge in [0.15, 0.2) is 12.3 Å². The molecule has 2 N–H and O–H groups in total. The molecule has 3 aromatic carbocycles. The third-order valence-electron chi connectivity index (χ3n) is 7.31. The van der Waals surface area contributed by atoms with Gasteiger partial charge in [0, 0.05) is 25.2 Å². The number of methoxy groups -OCH3 is 1. The quantitative estimate of drug-likeness (QED) is 0.0864. The number of aryl methyl sites for hydroxylation is 1. The molecule has 13 heteroatoms.